The molecule has 0 aliphatic rings. The topological polar surface area (TPSA) is 29.5 Å². The number of hydrogen-bond acceptors (Lipinski definition) is 3. The average Bonchev–Trinajstić information content (AvgIpc) is 2.13. The van der Waals surface area contributed by atoms with E-state index in [0.29, 0.717) is 12.2 Å². The van der Waals surface area contributed by atoms with Gasteiger partial charge in [-0.1, -0.05) is 18.2 Å². The van der Waals surface area contributed by atoms with Crippen LogP contribution in [-0.4, -0.2) is 38.1 Å². The van der Waals surface area contributed by atoms with Gasteiger partial charge in [0, 0.05) is 12.1 Å². The van der Waals surface area contributed by atoms with Crippen LogP contribution in [0.15, 0.2) is 23.8 Å². The number of carbonyl (C=O) groups excluding carboxylic acids is 1. The highest BCUT2D eigenvalue weighted by Crippen LogP contribution is 1.97. The van der Waals surface area contributed by atoms with Crippen LogP contribution in [0.2, 0.25) is 0 Å². The van der Waals surface area contributed by atoms with Gasteiger partial charge in [-0.25, -0.2) is 4.79 Å². The van der Waals surface area contributed by atoms with E-state index in [9.17, 15) is 4.79 Å². The maximum atomic E-state index is 11.3. The SMILES string of the molecule is CC=CC=C(C)C(=O)OCCN(C)C. The predicted molar refractivity (Wildman–Crippen MR) is 58.1 cm³/mol. The molecule has 0 aromatic heterocycles. The van der Waals surface area contributed by atoms with Gasteiger partial charge in [0.25, 0.3) is 0 Å². The molecule has 0 aliphatic carbocycles. The van der Waals surface area contributed by atoms with Gasteiger partial charge in [-0.15, -0.1) is 0 Å². The molecule has 0 spiro atoms. The summed E-state index contributed by atoms with van der Waals surface area (Å²) in [5.41, 5.74) is 0.627. The minimum atomic E-state index is -0.245. The van der Waals surface area contributed by atoms with Crippen molar-refractivity contribution in [3.8, 4) is 0 Å². The molecule has 0 rings (SSSR count). The van der Waals surface area contributed by atoms with Crippen LogP contribution in [0, 0.1) is 0 Å². The minimum Gasteiger partial charge on any atom is -0.461 e. The van der Waals surface area contributed by atoms with Crippen LogP contribution in [0.25, 0.3) is 0 Å². The fraction of sp³-hybridized carbons (Fsp3) is 0.545. The third-order valence-electron chi connectivity index (χ3n) is 1.63. The summed E-state index contributed by atoms with van der Waals surface area (Å²) in [6.45, 7) is 4.84. The van der Waals surface area contributed by atoms with E-state index in [4.69, 9.17) is 4.74 Å². The highest BCUT2D eigenvalue weighted by molar-refractivity contribution is 5.88. The number of nitrogens with zero attached hydrogens (tertiary/aromatic N) is 1. The largest absolute Gasteiger partial charge is 0.461 e. The number of ether oxygens (including phenoxy) is 1. The van der Waals surface area contributed by atoms with Crippen LogP contribution in [0.1, 0.15) is 13.8 Å². The molecule has 0 N–H and O–H groups in total. The lowest BCUT2D eigenvalue weighted by Crippen LogP contribution is -2.20. The van der Waals surface area contributed by atoms with Crippen molar-refractivity contribution in [3.05, 3.63) is 23.8 Å². The number of allylic oxidation sites excluding steroid dienone is 3. The van der Waals surface area contributed by atoms with E-state index in [1.165, 1.54) is 0 Å². The number of likely N-dealkylation sites (N-methyl/N-ethyl adjacent to an activating group) is 1. The third-order valence-corrected chi connectivity index (χ3v) is 1.63. The van der Waals surface area contributed by atoms with Gasteiger partial charge in [-0.3, -0.25) is 0 Å². The fourth-order valence-corrected chi connectivity index (χ4v) is 0.743. The van der Waals surface area contributed by atoms with Crippen LogP contribution >= 0.6 is 0 Å². The molecule has 14 heavy (non-hydrogen) atoms. The second kappa shape index (κ2) is 7.33. The van der Waals surface area contributed by atoms with Gasteiger partial charge in [0.2, 0.25) is 0 Å². The maximum absolute atomic E-state index is 11.3. The molecule has 0 saturated carbocycles. The normalized spacial score (nSPS) is 12.5. The zero-order chi connectivity index (χ0) is 11.0. The van der Waals surface area contributed by atoms with Crippen molar-refractivity contribution in [2.45, 2.75) is 13.8 Å². The van der Waals surface area contributed by atoms with E-state index in [0.717, 1.165) is 6.54 Å². The van der Waals surface area contributed by atoms with Gasteiger partial charge >= 0.3 is 5.97 Å². The summed E-state index contributed by atoms with van der Waals surface area (Å²) in [4.78, 5) is 13.3. The van der Waals surface area contributed by atoms with E-state index in [-0.39, 0.29) is 5.97 Å². The lowest BCUT2D eigenvalue weighted by atomic mass is 10.3. The van der Waals surface area contributed by atoms with Crippen molar-refractivity contribution in [1.29, 1.82) is 0 Å². The number of esters is 1. The molecule has 0 saturated heterocycles. The Hall–Kier alpha value is -1.09. The Morgan fingerprint density at radius 1 is 1.43 bits per heavy atom. The highest BCUT2D eigenvalue weighted by Gasteiger charge is 2.03. The number of carbonyl (C=O) groups is 1. The smallest absolute Gasteiger partial charge is 0.333 e. The average molecular weight is 197 g/mol. The first-order chi connectivity index (χ1) is 6.57. The van der Waals surface area contributed by atoms with E-state index in [1.54, 1.807) is 13.0 Å². The summed E-state index contributed by atoms with van der Waals surface area (Å²) in [5, 5.41) is 0. The number of hydrogen-bond donors (Lipinski definition) is 0. The Kier molecular flexibility index (Phi) is 6.76. The molecule has 0 unspecified atom stereocenters. The second-order valence-electron chi connectivity index (χ2n) is 3.31. The molecule has 80 valence electrons. The lowest BCUT2D eigenvalue weighted by molar-refractivity contribution is -0.139. The van der Waals surface area contributed by atoms with Gasteiger partial charge in [0.05, 0.1) is 0 Å². The van der Waals surface area contributed by atoms with E-state index in [1.807, 2.05) is 38.1 Å². The van der Waals surface area contributed by atoms with Crippen LogP contribution in [0.3, 0.4) is 0 Å². The summed E-state index contributed by atoms with van der Waals surface area (Å²) in [5.74, 6) is -0.245. The molecule has 0 aromatic carbocycles. The Morgan fingerprint density at radius 3 is 2.57 bits per heavy atom. The monoisotopic (exact) mass is 197 g/mol. The molecule has 0 heterocycles. The summed E-state index contributed by atoms with van der Waals surface area (Å²) in [7, 11) is 3.88. The molecule has 3 heteroatoms. The van der Waals surface area contributed by atoms with Gasteiger partial charge < -0.3 is 9.64 Å². The van der Waals surface area contributed by atoms with Crippen molar-refractivity contribution in [2.75, 3.05) is 27.2 Å². The highest BCUT2D eigenvalue weighted by atomic mass is 16.5. The Labute approximate surface area is 86.0 Å². The Balaban J connectivity index is 3.84. The zero-order valence-electron chi connectivity index (χ0n) is 9.41. The zero-order valence-corrected chi connectivity index (χ0v) is 9.41. The first-order valence-electron chi connectivity index (χ1n) is 4.69. The second-order valence-corrected chi connectivity index (χ2v) is 3.31. The molecular formula is C11H19NO2. The van der Waals surface area contributed by atoms with E-state index in [2.05, 4.69) is 0 Å². The quantitative estimate of drug-likeness (QED) is 0.381. The van der Waals surface area contributed by atoms with Crippen molar-refractivity contribution in [2.24, 2.45) is 0 Å². The van der Waals surface area contributed by atoms with Crippen molar-refractivity contribution < 1.29 is 9.53 Å². The summed E-state index contributed by atoms with van der Waals surface area (Å²) < 4.78 is 5.03. The van der Waals surface area contributed by atoms with E-state index >= 15 is 0 Å². The summed E-state index contributed by atoms with van der Waals surface area (Å²) in [6, 6.07) is 0. The molecule has 0 aromatic rings. The molecule has 3 nitrogen and oxygen atoms in total. The van der Waals surface area contributed by atoms with Crippen LogP contribution < -0.4 is 0 Å². The fourth-order valence-electron chi connectivity index (χ4n) is 0.743. The van der Waals surface area contributed by atoms with Crippen molar-refractivity contribution in [3.63, 3.8) is 0 Å². The standard InChI is InChI=1S/C11H19NO2/c1-5-6-7-10(2)11(13)14-9-8-12(3)4/h5-7H,8-9H2,1-4H3. The van der Waals surface area contributed by atoms with Gasteiger partial charge in [-0.05, 0) is 27.9 Å². The van der Waals surface area contributed by atoms with Gasteiger partial charge in [0.1, 0.15) is 6.61 Å². The minimum absolute atomic E-state index is 0.245. The van der Waals surface area contributed by atoms with Crippen LogP contribution in [-0.2, 0) is 9.53 Å². The molecule has 0 fully saturated rings. The molecular weight excluding hydrogens is 178 g/mol. The van der Waals surface area contributed by atoms with Crippen molar-refractivity contribution >= 4 is 5.97 Å². The first-order valence-corrected chi connectivity index (χ1v) is 4.69. The van der Waals surface area contributed by atoms with Crippen LogP contribution in [0.4, 0.5) is 0 Å². The molecule has 0 atom stereocenters. The Bertz CT molecular complexity index is 229. The maximum Gasteiger partial charge on any atom is 0.333 e. The van der Waals surface area contributed by atoms with Gasteiger partial charge in [-0.2, -0.15) is 0 Å². The van der Waals surface area contributed by atoms with Gasteiger partial charge in [0.15, 0.2) is 0 Å². The first kappa shape index (κ1) is 12.9. The lowest BCUT2D eigenvalue weighted by Gasteiger charge is -2.09. The molecule has 0 aliphatic heterocycles. The predicted octanol–water partition coefficient (Wildman–Crippen LogP) is 1.61. The summed E-state index contributed by atoms with van der Waals surface area (Å²) >= 11 is 0. The van der Waals surface area contributed by atoms with Crippen molar-refractivity contribution in [1.82, 2.24) is 4.90 Å². The van der Waals surface area contributed by atoms with Crippen LogP contribution in [0.5, 0.6) is 0 Å². The third kappa shape index (κ3) is 6.43. The van der Waals surface area contributed by atoms with E-state index < -0.39 is 0 Å². The number of rotatable bonds is 5. The molecule has 0 radical (unpaired) electrons. The Morgan fingerprint density at radius 2 is 2.07 bits per heavy atom. The molecule has 0 bridgehead atoms. The summed E-state index contributed by atoms with van der Waals surface area (Å²) in [6.07, 6.45) is 5.44. The molecule has 0 amide bonds.